The van der Waals surface area contributed by atoms with Crippen LogP contribution in [0.5, 0.6) is 0 Å². The van der Waals surface area contributed by atoms with E-state index in [1.165, 1.54) is 17.8 Å². The molecule has 0 aliphatic heterocycles. The summed E-state index contributed by atoms with van der Waals surface area (Å²) in [7, 11) is 1.76. The molecule has 1 atom stereocenters. The van der Waals surface area contributed by atoms with Gasteiger partial charge in [0.15, 0.2) is 11.0 Å². The highest BCUT2D eigenvalue weighted by molar-refractivity contribution is 7.99. The summed E-state index contributed by atoms with van der Waals surface area (Å²) < 4.78 is 15.6. The molecule has 1 amide bonds. The predicted octanol–water partition coefficient (Wildman–Crippen LogP) is 3.65. The maximum Gasteiger partial charge on any atom is 0.230 e. The number of amides is 1. The number of carbonyl (C=O) groups excluding carboxylic acids is 1. The van der Waals surface area contributed by atoms with Crippen molar-refractivity contribution in [1.29, 1.82) is 0 Å². The van der Waals surface area contributed by atoms with Gasteiger partial charge in [0.25, 0.3) is 0 Å². The van der Waals surface area contributed by atoms with Crippen molar-refractivity contribution in [2.45, 2.75) is 18.1 Å². The van der Waals surface area contributed by atoms with Crippen LogP contribution in [0.3, 0.4) is 0 Å². The number of carbonyl (C=O) groups is 1. The number of hydrogen-bond acceptors (Lipinski definition) is 5. The van der Waals surface area contributed by atoms with E-state index in [4.69, 9.17) is 0 Å². The molecular formula is C17H17FN4OS2. The molecule has 3 rings (SSSR count). The third-order valence-corrected chi connectivity index (χ3v) is 5.70. The Balaban J connectivity index is 1.62. The molecule has 0 saturated heterocycles. The van der Waals surface area contributed by atoms with E-state index in [-0.39, 0.29) is 23.5 Å². The second-order valence-electron chi connectivity index (χ2n) is 5.44. The van der Waals surface area contributed by atoms with Gasteiger partial charge in [0, 0.05) is 11.9 Å². The molecule has 130 valence electrons. The molecule has 5 nitrogen and oxygen atoms in total. The summed E-state index contributed by atoms with van der Waals surface area (Å²) in [5.74, 6) is 0.227. The highest BCUT2D eigenvalue weighted by Gasteiger charge is 2.16. The van der Waals surface area contributed by atoms with Crippen molar-refractivity contribution in [3.05, 3.63) is 52.5 Å². The lowest BCUT2D eigenvalue weighted by Crippen LogP contribution is -2.27. The second kappa shape index (κ2) is 7.79. The monoisotopic (exact) mass is 376 g/mol. The van der Waals surface area contributed by atoms with Gasteiger partial charge in [0.1, 0.15) is 5.82 Å². The quantitative estimate of drug-likeness (QED) is 0.667. The lowest BCUT2D eigenvalue weighted by atomic mass is 10.2. The minimum atomic E-state index is -0.350. The first-order valence-electron chi connectivity index (χ1n) is 7.66. The molecule has 0 saturated carbocycles. The summed E-state index contributed by atoms with van der Waals surface area (Å²) in [6.45, 7) is 1.95. The molecule has 0 aliphatic rings. The third kappa shape index (κ3) is 4.08. The molecule has 3 aromatic rings. The van der Waals surface area contributed by atoms with Crippen LogP contribution in [-0.2, 0) is 11.8 Å². The lowest BCUT2D eigenvalue weighted by Gasteiger charge is -2.11. The number of hydrogen-bond donors (Lipinski definition) is 1. The highest BCUT2D eigenvalue weighted by atomic mass is 32.2. The predicted molar refractivity (Wildman–Crippen MR) is 98.0 cm³/mol. The first-order chi connectivity index (χ1) is 12.1. The number of thiophene rings is 1. The molecular weight excluding hydrogens is 359 g/mol. The van der Waals surface area contributed by atoms with E-state index in [1.807, 2.05) is 24.4 Å². The maximum absolute atomic E-state index is 13.9. The highest BCUT2D eigenvalue weighted by Crippen LogP contribution is 2.25. The minimum absolute atomic E-state index is 0.0263. The Hall–Kier alpha value is -2.19. The van der Waals surface area contributed by atoms with Gasteiger partial charge in [-0.3, -0.25) is 4.79 Å². The number of nitrogens with zero attached hydrogens (tertiary/aromatic N) is 3. The average molecular weight is 376 g/mol. The van der Waals surface area contributed by atoms with E-state index in [1.54, 1.807) is 41.2 Å². The first-order valence-corrected chi connectivity index (χ1v) is 9.52. The van der Waals surface area contributed by atoms with Crippen LogP contribution in [-0.4, -0.2) is 26.4 Å². The third-order valence-electron chi connectivity index (χ3n) is 3.63. The summed E-state index contributed by atoms with van der Waals surface area (Å²) in [6.07, 6.45) is 0. The Bertz CT molecular complexity index is 863. The Morgan fingerprint density at radius 1 is 1.32 bits per heavy atom. The van der Waals surface area contributed by atoms with Gasteiger partial charge in [0.2, 0.25) is 5.91 Å². The number of benzene rings is 1. The van der Waals surface area contributed by atoms with Gasteiger partial charge in [-0.15, -0.1) is 21.5 Å². The molecule has 2 heterocycles. The number of rotatable bonds is 6. The van der Waals surface area contributed by atoms with E-state index in [2.05, 4.69) is 15.5 Å². The van der Waals surface area contributed by atoms with Gasteiger partial charge < -0.3 is 9.88 Å². The minimum Gasteiger partial charge on any atom is -0.348 e. The van der Waals surface area contributed by atoms with Crippen LogP contribution in [0.1, 0.15) is 17.8 Å². The molecule has 1 N–H and O–H groups in total. The Morgan fingerprint density at radius 3 is 2.84 bits per heavy atom. The average Bonchev–Trinajstić information content (AvgIpc) is 3.24. The summed E-state index contributed by atoms with van der Waals surface area (Å²) >= 11 is 2.88. The molecule has 0 radical (unpaired) electrons. The van der Waals surface area contributed by atoms with Crippen molar-refractivity contribution in [1.82, 2.24) is 20.1 Å². The Labute approximate surface area is 153 Å². The van der Waals surface area contributed by atoms with E-state index in [9.17, 15) is 9.18 Å². The zero-order valence-corrected chi connectivity index (χ0v) is 15.4. The smallest absolute Gasteiger partial charge is 0.230 e. The topological polar surface area (TPSA) is 59.8 Å². The van der Waals surface area contributed by atoms with Gasteiger partial charge in [-0.1, -0.05) is 30.0 Å². The van der Waals surface area contributed by atoms with Gasteiger partial charge in [-0.05, 0) is 30.5 Å². The van der Waals surface area contributed by atoms with Crippen molar-refractivity contribution >= 4 is 29.0 Å². The molecule has 25 heavy (non-hydrogen) atoms. The summed E-state index contributed by atoms with van der Waals surface area (Å²) in [5, 5.41) is 13.6. The van der Waals surface area contributed by atoms with E-state index in [0.29, 0.717) is 16.5 Å². The van der Waals surface area contributed by atoms with Crippen molar-refractivity contribution in [3.8, 4) is 11.4 Å². The summed E-state index contributed by atoms with van der Waals surface area (Å²) in [4.78, 5) is 13.2. The van der Waals surface area contributed by atoms with Gasteiger partial charge in [-0.25, -0.2) is 4.39 Å². The van der Waals surface area contributed by atoms with Crippen molar-refractivity contribution in [3.63, 3.8) is 0 Å². The molecule has 0 spiro atoms. The van der Waals surface area contributed by atoms with Gasteiger partial charge in [0.05, 0.1) is 17.4 Å². The molecule has 0 bridgehead atoms. The Morgan fingerprint density at radius 2 is 2.12 bits per heavy atom. The van der Waals surface area contributed by atoms with Crippen LogP contribution < -0.4 is 5.32 Å². The SMILES string of the molecule is C[C@@H](NC(=O)CSc1nnc(-c2ccccc2F)n1C)c1cccs1. The second-order valence-corrected chi connectivity index (χ2v) is 7.36. The van der Waals surface area contributed by atoms with Crippen LogP contribution in [0.25, 0.3) is 11.4 Å². The standard InChI is InChI=1S/C17H17FN4OS2/c1-11(14-8-5-9-24-14)19-15(23)10-25-17-21-20-16(22(17)2)12-6-3-4-7-13(12)18/h3-9,11H,10H2,1-2H3,(H,19,23)/t11-/m1/s1. The molecule has 0 fully saturated rings. The molecule has 8 heteroatoms. The zero-order chi connectivity index (χ0) is 17.8. The van der Waals surface area contributed by atoms with Crippen LogP contribution >= 0.6 is 23.1 Å². The fourth-order valence-corrected chi connectivity index (χ4v) is 3.80. The molecule has 0 aliphatic carbocycles. The Kier molecular flexibility index (Phi) is 5.50. The first kappa shape index (κ1) is 17.6. The van der Waals surface area contributed by atoms with E-state index >= 15 is 0 Å². The van der Waals surface area contributed by atoms with Crippen molar-refractivity contribution in [2.75, 3.05) is 5.75 Å². The fraction of sp³-hybridized carbons (Fsp3) is 0.235. The molecule has 2 aromatic heterocycles. The van der Waals surface area contributed by atoms with Crippen LogP contribution in [0.2, 0.25) is 0 Å². The number of halogens is 1. The fourth-order valence-electron chi connectivity index (χ4n) is 2.34. The molecule has 1 aromatic carbocycles. The van der Waals surface area contributed by atoms with Crippen molar-refractivity contribution < 1.29 is 9.18 Å². The normalized spacial score (nSPS) is 12.1. The van der Waals surface area contributed by atoms with Crippen molar-refractivity contribution in [2.24, 2.45) is 7.05 Å². The molecule has 0 unspecified atom stereocenters. The van der Waals surface area contributed by atoms with Gasteiger partial charge >= 0.3 is 0 Å². The number of aromatic nitrogens is 3. The van der Waals surface area contributed by atoms with Crippen LogP contribution in [0, 0.1) is 5.82 Å². The lowest BCUT2D eigenvalue weighted by molar-refractivity contribution is -0.119. The number of thioether (sulfide) groups is 1. The number of nitrogens with one attached hydrogen (secondary N) is 1. The van der Waals surface area contributed by atoms with Gasteiger partial charge in [-0.2, -0.15) is 0 Å². The van der Waals surface area contributed by atoms with E-state index < -0.39 is 0 Å². The van der Waals surface area contributed by atoms with Crippen LogP contribution in [0.4, 0.5) is 4.39 Å². The summed E-state index contributed by atoms with van der Waals surface area (Å²) in [5.41, 5.74) is 0.389. The summed E-state index contributed by atoms with van der Waals surface area (Å²) in [6, 6.07) is 10.3. The van der Waals surface area contributed by atoms with Crippen LogP contribution in [0.15, 0.2) is 46.9 Å². The van der Waals surface area contributed by atoms with E-state index in [0.717, 1.165) is 4.88 Å². The maximum atomic E-state index is 13.9. The largest absolute Gasteiger partial charge is 0.348 e. The zero-order valence-electron chi connectivity index (χ0n) is 13.8.